The zero-order chi connectivity index (χ0) is 14.4. The molecule has 0 saturated heterocycles. The number of nitrogens with zero attached hydrogens (tertiary/aromatic N) is 1. The summed E-state index contributed by atoms with van der Waals surface area (Å²) in [6, 6.07) is 5.38. The number of carbonyl (C=O) groups excluding carboxylic acids is 1. The fraction of sp³-hybridized carbons (Fsp3) is 0.462. The zero-order valence-corrected chi connectivity index (χ0v) is 13.0. The lowest BCUT2D eigenvalue weighted by Gasteiger charge is -2.23. The highest BCUT2D eigenvalue weighted by Crippen LogP contribution is 2.22. The Labute approximate surface area is 123 Å². The number of likely N-dealkylation sites (N-methyl/N-ethyl adjacent to an activating group) is 1. The topological polar surface area (TPSA) is 58.4 Å². The SMILES string of the molecule is CSCC(C)N(C)CC(=O)Nc1ccc(Cl)cc1N. The molecule has 19 heavy (non-hydrogen) atoms. The summed E-state index contributed by atoms with van der Waals surface area (Å²) in [7, 11) is 1.94. The van der Waals surface area contributed by atoms with E-state index in [1.54, 1.807) is 30.0 Å². The van der Waals surface area contributed by atoms with Gasteiger partial charge in [0.25, 0.3) is 0 Å². The van der Waals surface area contributed by atoms with E-state index in [4.69, 9.17) is 17.3 Å². The molecule has 0 aliphatic rings. The molecular weight excluding hydrogens is 282 g/mol. The van der Waals surface area contributed by atoms with Gasteiger partial charge in [-0.25, -0.2) is 0 Å². The van der Waals surface area contributed by atoms with Gasteiger partial charge < -0.3 is 11.1 Å². The van der Waals surface area contributed by atoms with Crippen LogP contribution < -0.4 is 11.1 Å². The largest absolute Gasteiger partial charge is 0.397 e. The molecule has 0 fully saturated rings. The van der Waals surface area contributed by atoms with Crippen LogP contribution in [0.4, 0.5) is 11.4 Å². The first-order valence-electron chi connectivity index (χ1n) is 5.98. The predicted octanol–water partition coefficient (Wildman–Crippen LogP) is 2.54. The van der Waals surface area contributed by atoms with Crippen molar-refractivity contribution in [2.24, 2.45) is 0 Å². The monoisotopic (exact) mass is 301 g/mol. The number of nitrogens with one attached hydrogen (secondary N) is 1. The lowest BCUT2D eigenvalue weighted by Crippen LogP contribution is -2.37. The first kappa shape index (κ1) is 16.1. The number of anilines is 2. The van der Waals surface area contributed by atoms with E-state index in [9.17, 15) is 4.79 Å². The van der Waals surface area contributed by atoms with E-state index in [1.165, 1.54) is 0 Å². The van der Waals surface area contributed by atoms with Gasteiger partial charge in [-0.05, 0) is 38.4 Å². The molecule has 3 N–H and O–H groups in total. The van der Waals surface area contributed by atoms with E-state index < -0.39 is 0 Å². The number of amides is 1. The summed E-state index contributed by atoms with van der Waals surface area (Å²) in [5.74, 6) is 0.914. The lowest BCUT2D eigenvalue weighted by atomic mass is 10.2. The van der Waals surface area contributed by atoms with Crippen molar-refractivity contribution >= 4 is 40.6 Å². The molecule has 0 aromatic heterocycles. The normalized spacial score (nSPS) is 12.5. The second-order valence-electron chi connectivity index (χ2n) is 4.50. The number of hydrogen-bond donors (Lipinski definition) is 2. The molecule has 0 heterocycles. The van der Waals surface area contributed by atoms with Gasteiger partial charge in [-0.3, -0.25) is 9.69 Å². The average molecular weight is 302 g/mol. The number of rotatable bonds is 6. The fourth-order valence-electron chi connectivity index (χ4n) is 1.59. The molecule has 4 nitrogen and oxygen atoms in total. The highest BCUT2D eigenvalue weighted by molar-refractivity contribution is 7.98. The van der Waals surface area contributed by atoms with Crippen molar-refractivity contribution in [3.8, 4) is 0 Å². The molecule has 0 bridgehead atoms. The highest BCUT2D eigenvalue weighted by atomic mass is 35.5. The molecule has 1 aromatic rings. The molecule has 106 valence electrons. The summed E-state index contributed by atoms with van der Waals surface area (Å²) in [6.07, 6.45) is 2.05. The Kier molecular flexibility index (Phi) is 6.48. The van der Waals surface area contributed by atoms with Crippen molar-refractivity contribution in [3.05, 3.63) is 23.2 Å². The Hall–Kier alpha value is -0.910. The Morgan fingerprint density at radius 1 is 1.58 bits per heavy atom. The minimum absolute atomic E-state index is 0.0792. The first-order chi connectivity index (χ1) is 8.93. The number of thioether (sulfide) groups is 1. The molecule has 0 saturated carbocycles. The zero-order valence-electron chi connectivity index (χ0n) is 11.4. The smallest absolute Gasteiger partial charge is 0.238 e. The Morgan fingerprint density at radius 3 is 2.84 bits per heavy atom. The van der Waals surface area contributed by atoms with E-state index in [-0.39, 0.29) is 5.91 Å². The molecule has 0 spiro atoms. The summed E-state index contributed by atoms with van der Waals surface area (Å²) >= 11 is 7.58. The molecule has 0 radical (unpaired) electrons. The lowest BCUT2D eigenvalue weighted by molar-refractivity contribution is -0.117. The molecule has 1 unspecified atom stereocenters. The fourth-order valence-corrected chi connectivity index (χ4v) is 2.51. The maximum Gasteiger partial charge on any atom is 0.238 e. The predicted molar refractivity (Wildman–Crippen MR) is 85.0 cm³/mol. The van der Waals surface area contributed by atoms with E-state index in [2.05, 4.69) is 18.5 Å². The minimum Gasteiger partial charge on any atom is -0.397 e. The summed E-state index contributed by atoms with van der Waals surface area (Å²) < 4.78 is 0. The van der Waals surface area contributed by atoms with Crippen molar-refractivity contribution in [3.63, 3.8) is 0 Å². The van der Waals surface area contributed by atoms with Crippen LogP contribution in [-0.4, -0.2) is 42.4 Å². The van der Waals surface area contributed by atoms with Crippen LogP contribution in [0.1, 0.15) is 6.92 Å². The van der Waals surface area contributed by atoms with Gasteiger partial charge in [0.15, 0.2) is 0 Å². The third-order valence-electron chi connectivity index (χ3n) is 2.84. The van der Waals surface area contributed by atoms with Crippen LogP contribution in [0.5, 0.6) is 0 Å². The molecule has 0 aliphatic carbocycles. The Morgan fingerprint density at radius 2 is 2.26 bits per heavy atom. The van der Waals surface area contributed by atoms with Gasteiger partial charge in [0.1, 0.15) is 0 Å². The summed E-state index contributed by atoms with van der Waals surface area (Å²) in [4.78, 5) is 13.9. The van der Waals surface area contributed by atoms with Gasteiger partial charge in [-0.15, -0.1) is 0 Å². The summed E-state index contributed by atoms with van der Waals surface area (Å²) in [5, 5.41) is 3.35. The molecule has 1 atom stereocenters. The van der Waals surface area contributed by atoms with E-state index in [0.717, 1.165) is 5.75 Å². The minimum atomic E-state index is -0.0792. The first-order valence-corrected chi connectivity index (χ1v) is 7.75. The number of halogens is 1. The molecule has 0 aliphatic heterocycles. The van der Waals surface area contributed by atoms with Gasteiger partial charge in [-0.1, -0.05) is 11.6 Å². The molecule has 1 amide bonds. The van der Waals surface area contributed by atoms with Crippen molar-refractivity contribution < 1.29 is 4.79 Å². The Balaban J connectivity index is 2.55. The quantitative estimate of drug-likeness (QED) is 0.793. The van der Waals surface area contributed by atoms with E-state index >= 15 is 0 Å². The van der Waals surface area contributed by atoms with E-state index in [1.807, 2.05) is 11.9 Å². The maximum atomic E-state index is 11.9. The van der Waals surface area contributed by atoms with Crippen LogP contribution in [0.25, 0.3) is 0 Å². The van der Waals surface area contributed by atoms with Crippen molar-refractivity contribution in [2.45, 2.75) is 13.0 Å². The number of benzene rings is 1. The highest BCUT2D eigenvalue weighted by Gasteiger charge is 2.13. The second kappa shape index (κ2) is 7.62. The van der Waals surface area contributed by atoms with Crippen LogP contribution in [-0.2, 0) is 4.79 Å². The maximum absolute atomic E-state index is 11.9. The number of nitrogen functional groups attached to an aromatic ring is 1. The van der Waals surface area contributed by atoms with Crippen molar-refractivity contribution in [1.29, 1.82) is 0 Å². The average Bonchev–Trinajstić information content (AvgIpc) is 2.33. The van der Waals surface area contributed by atoms with Crippen molar-refractivity contribution in [1.82, 2.24) is 4.90 Å². The molecule has 1 rings (SSSR count). The molecular formula is C13H20ClN3OS. The van der Waals surface area contributed by atoms with Gasteiger partial charge in [0.05, 0.1) is 17.9 Å². The van der Waals surface area contributed by atoms with Crippen LogP contribution in [0.15, 0.2) is 18.2 Å². The number of carbonyl (C=O) groups is 1. The summed E-state index contributed by atoms with van der Waals surface area (Å²) in [5.41, 5.74) is 6.86. The van der Waals surface area contributed by atoms with Crippen LogP contribution in [0.2, 0.25) is 5.02 Å². The van der Waals surface area contributed by atoms with Crippen LogP contribution >= 0.6 is 23.4 Å². The molecule has 6 heteroatoms. The molecule has 1 aromatic carbocycles. The van der Waals surface area contributed by atoms with Gasteiger partial charge in [0, 0.05) is 16.8 Å². The van der Waals surface area contributed by atoms with Crippen molar-refractivity contribution in [2.75, 3.05) is 36.7 Å². The standard InChI is InChI=1S/C13H20ClN3OS/c1-9(8-19-3)17(2)7-13(18)16-12-5-4-10(14)6-11(12)15/h4-6,9H,7-8,15H2,1-3H3,(H,16,18). The Bertz CT molecular complexity index is 442. The van der Waals surface area contributed by atoms with Crippen LogP contribution in [0, 0.1) is 0 Å². The summed E-state index contributed by atoms with van der Waals surface area (Å²) in [6.45, 7) is 2.43. The third-order valence-corrected chi connectivity index (χ3v) is 3.89. The second-order valence-corrected chi connectivity index (χ2v) is 5.85. The van der Waals surface area contributed by atoms with Gasteiger partial charge >= 0.3 is 0 Å². The number of nitrogens with two attached hydrogens (primary N) is 1. The van der Waals surface area contributed by atoms with E-state index in [0.29, 0.717) is 29.0 Å². The third kappa shape index (κ3) is 5.30. The van der Waals surface area contributed by atoms with Gasteiger partial charge in [-0.2, -0.15) is 11.8 Å². The number of hydrogen-bond acceptors (Lipinski definition) is 4. The van der Waals surface area contributed by atoms with Crippen LogP contribution in [0.3, 0.4) is 0 Å². The van der Waals surface area contributed by atoms with Gasteiger partial charge in [0.2, 0.25) is 5.91 Å².